The molecule has 0 spiro atoms. The summed E-state index contributed by atoms with van der Waals surface area (Å²) < 4.78 is 0. The molecular formula is C12H12S. The van der Waals surface area contributed by atoms with E-state index in [-0.39, 0.29) is 0 Å². The second kappa shape index (κ2) is 3.89. The van der Waals surface area contributed by atoms with Crippen molar-refractivity contribution < 1.29 is 0 Å². The standard InChI is InChI=1S/C12H12S/c13-8-2-1-3-10-4-5-11-6-7-12(11)9-10/h4-5,9,13H,2,6-8H2. The maximum Gasteiger partial charge on any atom is 0.0248 e. The Morgan fingerprint density at radius 2 is 2.08 bits per heavy atom. The van der Waals surface area contributed by atoms with Crippen LogP contribution in [0.25, 0.3) is 0 Å². The summed E-state index contributed by atoms with van der Waals surface area (Å²) in [4.78, 5) is 0. The fourth-order valence-electron chi connectivity index (χ4n) is 1.49. The fourth-order valence-corrected chi connectivity index (χ4v) is 1.61. The maximum absolute atomic E-state index is 4.11. The van der Waals surface area contributed by atoms with Crippen molar-refractivity contribution in [3.05, 3.63) is 34.9 Å². The Bertz CT molecular complexity index is 368. The van der Waals surface area contributed by atoms with Crippen LogP contribution in [0.1, 0.15) is 23.1 Å². The third kappa shape index (κ3) is 1.89. The molecule has 1 aliphatic rings. The molecule has 1 aromatic carbocycles. The summed E-state index contributed by atoms with van der Waals surface area (Å²) in [5, 5.41) is 0. The number of rotatable bonds is 1. The Morgan fingerprint density at radius 3 is 2.69 bits per heavy atom. The first-order valence-electron chi connectivity index (χ1n) is 4.61. The van der Waals surface area contributed by atoms with Gasteiger partial charge in [0.25, 0.3) is 0 Å². The number of hydrogen-bond donors (Lipinski definition) is 1. The normalized spacial score (nSPS) is 12.4. The second-order valence-corrected chi connectivity index (χ2v) is 3.71. The summed E-state index contributed by atoms with van der Waals surface area (Å²) in [6.07, 6.45) is 3.36. The van der Waals surface area contributed by atoms with Crippen LogP contribution in [0.2, 0.25) is 0 Å². The van der Waals surface area contributed by atoms with Crippen molar-refractivity contribution in [2.75, 3.05) is 5.75 Å². The molecule has 0 heterocycles. The molecule has 0 bridgehead atoms. The molecule has 0 nitrogen and oxygen atoms in total. The fraction of sp³-hybridized carbons (Fsp3) is 0.333. The minimum Gasteiger partial charge on any atom is -0.178 e. The van der Waals surface area contributed by atoms with Gasteiger partial charge in [-0.05, 0) is 36.1 Å². The highest BCUT2D eigenvalue weighted by Crippen LogP contribution is 2.23. The summed E-state index contributed by atoms with van der Waals surface area (Å²) >= 11 is 4.11. The van der Waals surface area contributed by atoms with E-state index < -0.39 is 0 Å². The summed E-state index contributed by atoms with van der Waals surface area (Å²) in [6.45, 7) is 0. The molecule has 0 N–H and O–H groups in total. The van der Waals surface area contributed by atoms with Crippen LogP contribution in [0.5, 0.6) is 0 Å². The highest BCUT2D eigenvalue weighted by Gasteiger charge is 2.11. The zero-order chi connectivity index (χ0) is 9.10. The lowest BCUT2D eigenvalue weighted by atomic mass is 9.87. The topological polar surface area (TPSA) is 0 Å². The molecule has 66 valence electrons. The Balaban J connectivity index is 2.14. The number of hydrogen-bond acceptors (Lipinski definition) is 1. The van der Waals surface area contributed by atoms with Gasteiger partial charge in [0, 0.05) is 17.7 Å². The third-order valence-electron chi connectivity index (χ3n) is 2.34. The van der Waals surface area contributed by atoms with E-state index in [0.717, 1.165) is 17.7 Å². The van der Waals surface area contributed by atoms with E-state index in [0.29, 0.717) is 0 Å². The van der Waals surface area contributed by atoms with Crippen LogP contribution in [0, 0.1) is 11.8 Å². The lowest BCUT2D eigenvalue weighted by Crippen LogP contribution is -2.07. The van der Waals surface area contributed by atoms with Gasteiger partial charge in [-0.1, -0.05) is 17.9 Å². The van der Waals surface area contributed by atoms with Gasteiger partial charge in [0.2, 0.25) is 0 Å². The Kier molecular flexibility index (Phi) is 2.61. The van der Waals surface area contributed by atoms with Crippen LogP contribution in [-0.4, -0.2) is 5.75 Å². The molecule has 0 saturated carbocycles. The van der Waals surface area contributed by atoms with Crippen LogP contribution >= 0.6 is 12.6 Å². The van der Waals surface area contributed by atoms with Gasteiger partial charge in [0.15, 0.2) is 0 Å². The molecule has 13 heavy (non-hydrogen) atoms. The minimum atomic E-state index is 0.845. The van der Waals surface area contributed by atoms with Gasteiger partial charge in [-0.15, -0.1) is 0 Å². The third-order valence-corrected chi connectivity index (χ3v) is 2.56. The molecule has 0 aliphatic heterocycles. The second-order valence-electron chi connectivity index (χ2n) is 3.26. The Hall–Kier alpha value is -0.870. The minimum absolute atomic E-state index is 0.845. The van der Waals surface area contributed by atoms with Crippen molar-refractivity contribution in [1.29, 1.82) is 0 Å². The zero-order valence-corrected chi connectivity index (χ0v) is 8.40. The molecule has 1 aromatic rings. The molecule has 0 fully saturated rings. The highest BCUT2D eigenvalue weighted by atomic mass is 32.1. The van der Waals surface area contributed by atoms with Crippen LogP contribution in [0.3, 0.4) is 0 Å². The first kappa shape index (κ1) is 8.72. The largest absolute Gasteiger partial charge is 0.178 e. The molecule has 0 atom stereocenters. The van der Waals surface area contributed by atoms with Crippen LogP contribution in [0.4, 0.5) is 0 Å². The predicted octanol–water partition coefficient (Wildman–Crippen LogP) is 2.46. The molecule has 0 radical (unpaired) electrons. The van der Waals surface area contributed by atoms with Crippen molar-refractivity contribution in [1.82, 2.24) is 0 Å². The highest BCUT2D eigenvalue weighted by molar-refractivity contribution is 7.80. The van der Waals surface area contributed by atoms with E-state index in [1.54, 1.807) is 0 Å². The summed E-state index contributed by atoms with van der Waals surface area (Å²) in [6, 6.07) is 6.53. The number of benzene rings is 1. The Labute approximate surface area is 84.8 Å². The Morgan fingerprint density at radius 1 is 1.23 bits per heavy atom. The average molecular weight is 188 g/mol. The molecule has 0 unspecified atom stereocenters. The first-order valence-corrected chi connectivity index (χ1v) is 5.25. The average Bonchev–Trinajstić information content (AvgIpc) is 2.10. The molecule has 1 heteroatoms. The zero-order valence-electron chi connectivity index (χ0n) is 7.51. The predicted molar refractivity (Wildman–Crippen MR) is 59.2 cm³/mol. The van der Waals surface area contributed by atoms with Crippen molar-refractivity contribution in [3.63, 3.8) is 0 Å². The van der Waals surface area contributed by atoms with Gasteiger partial charge in [-0.2, -0.15) is 12.6 Å². The molecule has 0 aromatic heterocycles. The van der Waals surface area contributed by atoms with E-state index in [1.165, 1.54) is 24.0 Å². The monoisotopic (exact) mass is 188 g/mol. The molecule has 2 rings (SSSR count). The van der Waals surface area contributed by atoms with Gasteiger partial charge in [0.05, 0.1) is 0 Å². The van der Waals surface area contributed by atoms with Crippen LogP contribution in [0.15, 0.2) is 18.2 Å². The maximum atomic E-state index is 4.11. The molecular weight excluding hydrogens is 176 g/mol. The van der Waals surface area contributed by atoms with Gasteiger partial charge in [0.1, 0.15) is 0 Å². The van der Waals surface area contributed by atoms with Crippen molar-refractivity contribution in [3.8, 4) is 11.8 Å². The van der Waals surface area contributed by atoms with Crippen molar-refractivity contribution in [2.24, 2.45) is 0 Å². The lowest BCUT2D eigenvalue weighted by Gasteiger charge is -2.17. The van der Waals surface area contributed by atoms with Gasteiger partial charge in [-0.3, -0.25) is 0 Å². The van der Waals surface area contributed by atoms with E-state index in [9.17, 15) is 0 Å². The van der Waals surface area contributed by atoms with Gasteiger partial charge in [-0.25, -0.2) is 0 Å². The van der Waals surface area contributed by atoms with Crippen molar-refractivity contribution in [2.45, 2.75) is 19.3 Å². The first-order chi connectivity index (χ1) is 6.40. The molecule has 0 saturated heterocycles. The van der Waals surface area contributed by atoms with E-state index in [2.05, 4.69) is 42.7 Å². The van der Waals surface area contributed by atoms with Gasteiger partial charge < -0.3 is 0 Å². The molecule has 1 aliphatic carbocycles. The van der Waals surface area contributed by atoms with E-state index in [4.69, 9.17) is 0 Å². The molecule has 0 amide bonds. The van der Waals surface area contributed by atoms with E-state index >= 15 is 0 Å². The summed E-state index contributed by atoms with van der Waals surface area (Å²) in [5.74, 6) is 7.09. The number of fused-ring (bicyclic) bond motifs is 1. The van der Waals surface area contributed by atoms with E-state index in [1.807, 2.05) is 0 Å². The summed E-state index contributed by atoms with van der Waals surface area (Å²) in [5.41, 5.74) is 4.14. The number of thiol groups is 1. The smallest absolute Gasteiger partial charge is 0.0248 e. The summed E-state index contributed by atoms with van der Waals surface area (Å²) in [7, 11) is 0. The van der Waals surface area contributed by atoms with Crippen LogP contribution in [-0.2, 0) is 12.8 Å². The quantitative estimate of drug-likeness (QED) is 0.508. The lowest BCUT2D eigenvalue weighted by molar-refractivity contribution is 0.838. The van der Waals surface area contributed by atoms with Gasteiger partial charge >= 0.3 is 0 Å². The van der Waals surface area contributed by atoms with Crippen molar-refractivity contribution >= 4 is 12.6 Å². The number of aryl methyl sites for hydroxylation is 2. The van der Waals surface area contributed by atoms with Crippen LogP contribution < -0.4 is 0 Å². The SMILES string of the molecule is SCCC#Cc1ccc2c(c1)CC2.